The molecule has 1 aromatic heterocycles. The Morgan fingerprint density at radius 2 is 1.88 bits per heavy atom. The van der Waals surface area contributed by atoms with Gasteiger partial charge in [-0.2, -0.15) is 0 Å². The van der Waals surface area contributed by atoms with Crippen molar-refractivity contribution in [3.63, 3.8) is 0 Å². The number of anilines is 1. The van der Waals surface area contributed by atoms with Crippen molar-refractivity contribution in [3.8, 4) is 5.75 Å². The van der Waals surface area contributed by atoms with Gasteiger partial charge in [0.15, 0.2) is 11.2 Å². The standard InChI is InChI=1S/C16H18BrN3O4/c1-2-23-15-5-21-7-16(15,8-22-6-15)24-11-4-3-10(17)13-12(11)14(18)20-9-19-13/h3-4,9H,2,5-8H2,1H3,(H2,18,19,20). The molecule has 0 saturated carbocycles. The van der Waals surface area contributed by atoms with Gasteiger partial charge in [0.1, 0.15) is 17.9 Å². The van der Waals surface area contributed by atoms with E-state index in [0.717, 1.165) is 4.47 Å². The van der Waals surface area contributed by atoms with Crippen LogP contribution in [0.4, 0.5) is 5.82 Å². The molecule has 2 fully saturated rings. The maximum absolute atomic E-state index is 6.44. The van der Waals surface area contributed by atoms with Crippen molar-refractivity contribution < 1.29 is 18.9 Å². The molecule has 0 spiro atoms. The fourth-order valence-electron chi connectivity index (χ4n) is 3.44. The van der Waals surface area contributed by atoms with Crippen molar-refractivity contribution in [2.24, 2.45) is 0 Å². The van der Waals surface area contributed by atoms with E-state index in [4.69, 9.17) is 24.7 Å². The minimum Gasteiger partial charge on any atom is -0.478 e. The molecular weight excluding hydrogens is 378 g/mol. The summed E-state index contributed by atoms with van der Waals surface area (Å²) in [6.07, 6.45) is 1.44. The highest BCUT2D eigenvalue weighted by Crippen LogP contribution is 2.44. The van der Waals surface area contributed by atoms with Gasteiger partial charge in [0, 0.05) is 11.1 Å². The first-order chi connectivity index (χ1) is 11.6. The van der Waals surface area contributed by atoms with Crippen molar-refractivity contribution in [3.05, 3.63) is 22.9 Å². The molecule has 0 aliphatic carbocycles. The first kappa shape index (κ1) is 16.0. The number of hydrogen-bond donors (Lipinski definition) is 1. The van der Waals surface area contributed by atoms with E-state index in [9.17, 15) is 0 Å². The number of ether oxygens (including phenoxy) is 4. The van der Waals surface area contributed by atoms with Crippen molar-refractivity contribution in [1.82, 2.24) is 9.97 Å². The van der Waals surface area contributed by atoms with E-state index in [0.29, 0.717) is 55.5 Å². The van der Waals surface area contributed by atoms with E-state index >= 15 is 0 Å². The number of nitrogens with zero attached hydrogens (tertiary/aromatic N) is 2. The molecule has 8 heteroatoms. The number of fused-ring (bicyclic) bond motifs is 2. The average Bonchev–Trinajstić information content (AvgIpc) is 3.05. The molecule has 2 saturated heterocycles. The lowest BCUT2D eigenvalue weighted by atomic mass is 9.89. The van der Waals surface area contributed by atoms with Crippen LogP contribution in [0.2, 0.25) is 0 Å². The lowest BCUT2D eigenvalue weighted by Crippen LogP contribution is -2.58. The minimum atomic E-state index is -0.702. The average molecular weight is 396 g/mol. The summed E-state index contributed by atoms with van der Waals surface area (Å²) in [5.41, 5.74) is 5.48. The summed E-state index contributed by atoms with van der Waals surface area (Å²) in [7, 11) is 0. The zero-order valence-electron chi connectivity index (χ0n) is 13.3. The number of nitrogens with two attached hydrogens (primary N) is 1. The second-order valence-electron chi connectivity index (χ2n) is 6.04. The Morgan fingerprint density at radius 3 is 2.58 bits per heavy atom. The summed E-state index contributed by atoms with van der Waals surface area (Å²) in [6, 6.07) is 3.74. The number of hydrogen-bond acceptors (Lipinski definition) is 7. The van der Waals surface area contributed by atoms with E-state index in [1.54, 1.807) is 0 Å². The summed E-state index contributed by atoms with van der Waals surface area (Å²) >= 11 is 3.49. The van der Waals surface area contributed by atoms with Gasteiger partial charge in [-0.15, -0.1) is 0 Å². The molecule has 0 atom stereocenters. The summed E-state index contributed by atoms with van der Waals surface area (Å²) in [5.74, 6) is 0.971. The molecule has 0 radical (unpaired) electrons. The first-order valence-corrected chi connectivity index (χ1v) is 8.57. The van der Waals surface area contributed by atoms with Crippen molar-refractivity contribution in [2.75, 3.05) is 38.8 Å². The SMILES string of the molecule is CCOC12COCC1(Oc1ccc(Br)c3ncnc(N)c13)COC2. The number of nitrogen functional groups attached to an aromatic ring is 1. The predicted octanol–water partition coefficient (Wildman–Crippen LogP) is 1.93. The van der Waals surface area contributed by atoms with Crippen LogP contribution in [0.5, 0.6) is 5.75 Å². The van der Waals surface area contributed by atoms with Gasteiger partial charge >= 0.3 is 0 Å². The largest absolute Gasteiger partial charge is 0.478 e. The van der Waals surface area contributed by atoms with Gasteiger partial charge in [-0.25, -0.2) is 9.97 Å². The number of halogens is 1. The quantitative estimate of drug-likeness (QED) is 0.845. The maximum Gasteiger partial charge on any atom is 0.188 e. The second-order valence-corrected chi connectivity index (χ2v) is 6.89. The first-order valence-electron chi connectivity index (χ1n) is 7.78. The van der Waals surface area contributed by atoms with E-state index in [2.05, 4.69) is 25.9 Å². The molecule has 2 N–H and O–H groups in total. The van der Waals surface area contributed by atoms with Gasteiger partial charge in [-0.3, -0.25) is 0 Å². The number of benzene rings is 1. The topological polar surface area (TPSA) is 88.7 Å². The summed E-state index contributed by atoms with van der Waals surface area (Å²) in [5, 5.41) is 0.672. The van der Waals surface area contributed by atoms with Gasteiger partial charge in [0.2, 0.25) is 0 Å². The van der Waals surface area contributed by atoms with Crippen LogP contribution >= 0.6 is 15.9 Å². The molecule has 128 valence electrons. The van der Waals surface area contributed by atoms with E-state index < -0.39 is 11.2 Å². The van der Waals surface area contributed by atoms with Crippen LogP contribution in [0.1, 0.15) is 6.92 Å². The second kappa shape index (κ2) is 5.80. The van der Waals surface area contributed by atoms with Gasteiger partial charge in [-0.05, 0) is 35.0 Å². The maximum atomic E-state index is 6.44. The number of rotatable bonds is 4. The summed E-state index contributed by atoms with van der Waals surface area (Å²) in [4.78, 5) is 8.39. The Bertz CT molecular complexity index is 775. The third kappa shape index (κ3) is 2.21. The van der Waals surface area contributed by atoms with Crippen LogP contribution in [-0.2, 0) is 14.2 Å². The van der Waals surface area contributed by atoms with Crippen LogP contribution in [0.3, 0.4) is 0 Å². The fraction of sp³-hybridized carbons (Fsp3) is 0.500. The van der Waals surface area contributed by atoms with E-state index in [1.165, 1.54) is 6.33 Å². The fourth-order valence-corrected chi connectivity index (χ4v) is 3.88. The lowest BCUT2D eigenvalue weighted by Gasteiger charge is -2.36. The molecule has 2 aromatic rings. The van der Waals surface area contributed by atoms with Crippen molar-refractivity contribution in [2.45, 2.75) is 18.1 Å². The molecule has 0 unspecified atom stereocenters. The van der Waals surface area contributed by atoms with Gasteiger partial charge in [-0.1, -0.05) is 0 Å². The zero-order valence-corrected chi connectivity index (χ0v) is 14.8. The van der Waals surface area contributed by atoms with Crippen molar-refractivity contribution in [1.29, 1.82) is 0 Å². The Hall–Kier alpha value is -1.48. The Labute approximate surface area is 147 Å². The monoisotopic (exact) mass is 395 g/mol. The molecule has 0 amide bonds. The highest BCUT2D eigenvalue weighted by Gasteiger charge is 2.64. The van der Waals surface area contributed by atoms with Gasteiger partial charge in [0.05, 0.1) is 37.3 Å². The molecular formula is C16H18BrN3O4. The van der Waals surface area contributed by atoms with Crippen LogP contribution < -0.4 is 10.5 Å². The molecule has 2 aliphatic heterocycles. The molecule has 2 aliphatic rings. The molecule has 3 heterocycles. The zero-order chi connectivity index (χ0) is 16.8. The minimum absolute atomic E-state index is 0.368. The molecule has 7 nitrogen and oxygen atoms in total. The predicted molar refractivity (Wildman–Crippen MR) is 91.0 cm³/mol. The molecule has 4 rings (SSSR count). The highest BCUT2D eigenvalue weighted by molar-refractivity contribution is 9.10. The Kier molecular flexibility index (Phi) is 3.87. The molecule has 1 aromatic carbocycles. The summed E-state index contributed by atoms with van der Waals surface area (Å²) in [6.45, 7) is 4.21. The van der Waals surface area contributed by atoms with Crippen LogP contribution in [0.25, 0.3) is 10.9 Å². The third-order valence-electron chi connectivity index (χ3n) is 4.63. The third-order valence-corrected chi connectivity index (χ3v) is 5.27. The number of aromatic nitrogens is 2. The summed E-state index contributed by atoms with van der Waals surface area (Å²) < 4.78 is 24.7. The van der Waals surface area contributed by atoms with Crippen LogP contribution in [-0.4, -0.2) is 54.2 Å². The molecule has 24 heavy (non-hydrogen) atoms. The smallest absolute Gasteiger partial charge is 0.188 e. The normalized spacial score (nSPS) is 29.1. The lowest BCUT2D eigenvalue weighted by molar-refractivity contribution is -0.109. The van der Waals surface area contributed by atoms with E-state index in [-0.39, 0.29) is 0 Å². The Balaban J connectivity index is 1.81. The van der Waals surface area contributed by atoms with Gasteiger partial charge in [0.25, 0.3) is 0 Å². The Morgan fingerprint density at radius 1 is 1.17 bits per heavy atom. The van der Waals surface area contributed by atoms with Gasteiger partial charge < -0.3 is 24.7 Å². The molecule has 0 bridgehead atoms. The highest BCUT2D eigenvalue weighted by atomic mass is 79.9. The van der Waals surface area contributed by atoms with Crippen LogP contribution in [0, 0.1) is 0 Å². The van der Waals surface area contributed by atoms with E-state index in [1.807, 2.05) is 19.1 Å². The van der Waals surface area contributed by atoms with Crippen LogP contribution in [0.15, 0.2) is 22.9 Å². The van der Waals surface area contributed by atoms with Crippen molar-refractivity contribution >= 4 is 32.7 Å².